The van der Waals surface area contributed by atoms with Gasteiger partial charge in [0.15, 0.2) is 0 Å². The molecule has 5 heteroatoms. The number of imidazole rings is 1. The fourth-order valence-electron chi connectivity index (χ4n) is 3.16. The molecule has 2 heterocycles. The van der Waals surface area contributed by atoms with Crippen LogP contribution in [-0.4, -0.2) is 46.8 Å². The van der Waals surface area contributed by atoms with Gasteiger partial charge in [0.25, 0.3) is 0 Å². The Balaban J connectivity index is 2.04. The Labute approximate surface area is 128 Å². The van der Waals surface area contributed by atoms with E-state index in [9.17, 15) is 0 Å². The third kappa shape index (κ3) is 4.28. The van der Waals surface area contributed by atoms with Gasteiger partial charge >= 0.3 is 0 Å². The van der Waals surface area contributed by atoms with Gasteiger partial charge in [-0.05, 0) is 32.2 Å². The molecule has 120 valence electrons. The molecule has 2 unspecified atom stereocenters. The second-order valence-corrected chi connectivity index (χ2v) is 5.89. The zero-order valence-electron chi connectivity index (χ0n) is 13.5. The quantitative estimate of drug-likeness (QED) is 0.798. The van der Waals surface area contributed by atoms with E-state index in [1.807, 2.05) is 12.5 Å². The van der Waals surface area contributed by atoms with Crippen LogP contribution < -0.4 is 5.73 Å². The third-order valence-corrected chi connectivity index (χ3v) is 4.18. The summed E-state index contributed by atoms with van der Waals surface area (Å²) in [5.74, 6) is 0. The minimum absolute atomic E-state index is 0.257. The Bertz CT molecular complexity index is 407. The van der Waals surface area contributed by atoms with Crippen LogP contribution in [0, 0.1) is 0 Å². The van der Waals surface area contributed by atoms with Gasteiger partial charge in [0.05, 0.1) is 24.2 Å². The topological polar surface area (TPSA) is 56.3 Å². The maximum Gasteiger partial charge on any atom is 0.0948 e. The molecule has 5 nitrogen and oxygen atoms in total. The second-order valence-electron chi connectivity index (χ2n) is 5.89. The number of hydrogen-bond donors (Lipinski definition) is 1. The molecule has 1 aromatic heterocycles. The maximum atomic E-state index is 6.08. The lowest BCUT2D eigenvalue weighted by Crippen LogP contribution is -2.44. The molecule has 2 N–H and O–H groups in total. The molecule has 1 fully saturated rings. The van der Waals surface area contributed by atoms with Crippen molar-refractivity contribution in [2.75, 3.05) is 26.2 Å². The van der Waals surface area contributed by atoms with Crippen molar-refractivity contribution in [3.63, 3.8) is 0 Å². The number of ether oxygens (including phenoxy) is 1. The van der Waals surface area contributed by atoms with Crippen molar-refractivity contribution in [1.29, 1.82) is 0 Å². The van der Waals surface area contributed by atoms with Crippen molar-refractivity contribution in [3.05, 3.63) is 18.2 Å². The predicted octanol–water partition coefficient (Wildman–Crippen LogP) is 2.18. The minimum Gasteiger partial charge on any atom is -0.377 e. The molecule has 2 atom stereocenters. The molecule has 0 aliphatic carbocycles. The summed E-state index contributed by atoms with van der Waals surface area (Å²) >= 11 is 0. The summed E-state index contributed by atoms with van der Waals surface area (Å²) in [6.45, 7) is 8.94. The number of piperidine rings is 1. The molecule has 1 aromatic rings. The fraction of sp³-hybridized carbons (Fsp3) is 0.812. The van der Waals surface area contributed by atoms with E-state index in [-0.39, 0.29) is 6.04 Å². The van der Waals surface area contributed by atoms with E-state index in [0.29, 0.717) is 12.6 Å². The Hall–Kier alpha value is -0.910. The number of nitrogens with zero attached hydrogens (tertiary/aromatic N) is 3. The Morgan fingerprint density at radius 1 is 1.43 bits per heavy atom. The highest BCUT2D eigenvalue weighted by molar-refractivity contribution is 5.07. The SMILES string of the molecule is CCCOC1CCCN(C(CN)c2cncn2CCC)C1. The van der Waals surface area contributed by atoms with Gasteiger partial charge in [0, 0.05) is 32.4 Å². The molecule has 1 saturated heterocycles. The van der Waals surface area contributed by atoms with E-state index in [1.165, 1.54) is 18.5 Å². The number of aryl methyl sites for hydroxylation is 1. The smallest absolute Gasteiger partial charge is 0.0948 e. The Morgan fingerprint density at radius 3 is 3.00 bits per heavy atom. The van der Waals surface area contributed by atoms with Crippen molar-refractivity contribution in [1.82, 2.24) is 14.5 Å². The molecule has 0 amide bonds. The molecule has 0 radical (unpaired) electrons. The van der Waals surface area contributed by atoms with Crippen LogP contribution in [0.25, 0.3) is 0 Å². The van der Waals surface area contributed by atoms with Crippen LogP contribution in [0.4, 0.5) is 0 Å². The van der Waals surface area contributed by atoms with Crippen molar-refractivity contribution < 1.29 is 4.74 Å². The fourth-order valence-corrected chi connectivity index (χ4v) is 3.16. The molecular weight excluding hydrogens is 264 g/mol. The van der Waals surface area contributed by atoms with Gasteiger partial charge in [-0.25, -0.2) is 4.98 Å². The molecule has 0 bridgehead atoms. The van der Waals surface area contributed by atoms with Crippen molar-refractivity contribution >= 4 is 0 Å². The summed E-state index contributed by atoms with van der Waals surface area (Å²) in [4.78, 5) is 6.80. The lowest BCUT2D eigenvalue weighted by Gasteiger charge is -2.38. The van der Waals surface area contributed by atoms with Crippen molar-refractivity contribution in [2.24, 2.45) is 5.73 Å². The van der Waals surface area contributed by atoms with Gasteiger partial charge in [0.2, 0.25) is 0 Å². The Morgan fingerprint density at radius 2 is 2.29 bits per heavy atom. The number of nitrogens with two attached hydrogens (primary N) is 1. The lowest BCUT2D eigenvalue weighted by molar-refractivity contribution is -0.0127. The molecule has 21 heavy (non-hydrogen) atoms. The highest BCUT2D eigenvalue weighted by atomic mass is 16.5. The summed E-state index contributed by atoms with van der Waals surface area (Å²) in [6.07, 6.45) is 8.81. The van der Waals surface area contributed by atoms with Gasteiger partial charge in [-0.2, -0.15) is 0 Å². The van der Waals surface area contributed by atoms with E-state index in [0.717, 1.165) is 39.1 Å². The number of rotatable bonds is 8. The molecule has 2 rings (SSSR count). The zero-order chi connectivity index (χ0) is 15.1. The number of aromatic nitrogens is 2. The van der Waals surface area contributed by atoms with E-state index < -0.39 is 0 Å². The summed E-state index contributed by atoms with van der Waals surface area (Å²) in [5.41, 5.74) is 7.33. The van der Waals surface area contributed by atoms with Crippen LogP contribution in [0.2, 0.25) is 0 Å². The van der Waals surface area contributed by atoms with Gasteiger partial charge < -0.3 is 15.0 Å². The molecule has 1 aliphatic heterocycles. The molecule has 0 saturated carbocycles. The van der Waals surface area contributed by atoms with Crippen LogP contribution >= 0.6 is 0 Å². The molecule has 0 spiro atoms. The number of likely N-dealkylation sites (tertiary alicyclic amines) is 1. The maximum absolute atomic E-state index is 6.08. The average Bonchev–Trinajstić information content (AvgIpc) is 2.95. The summed E-state index contributed by atoms with van der Waals surface area (Å²) < 4.78 is 8.19. The zero-order valence-corrected chi connectivity index (χ0v) is 13.5. The van der Waals surface area contributed by atoms with E-state index >= 15 is 0 Å². The number of hydrogen-bond acceptors (Lipinski definition) is 4. The van der Waals surface area contributed by atoms with Gasteiger partial charge in [-0.1, -0.05) is 13.8 Å². The van der Waals surface area contributed by atoms with E-state index in [4.69, 9.17) is 10.5 Å². The normalized spacial score (nSPS) is 21.6. The van der Waals surface area contributed by atoms with Gasteiger partial charge in [-0.15, -0.1) is 0 Å². The summed E-state index contributed by atoms with van der Waals surface area (Å²) in [6, 6.07) is 0.257. The summed E-state index contributed by atoms with van der Waals surface area (Å²) in [5, 5.41) is 0. The third-order valence-electron chi connectivity index (χ3n) is 4.18. The van der Waals surface area contributed by atoms with Crippen LogP contribution in [0.15, 0.2) is 12.5 Å². The monoisotopic (exact) mass is 294 g/mol. The lowest BCUT2D eigenvalue weighted by atomic mass is 10.0. The predicted molar refractivity (Wildman–Crippen MR) is 85.2 cm³/mol. The molecular formula is C16H30N4O. The first-order valence-corrected chi connectivity index (χ1v) is 8.35. The van der Waals surface area contributed by atoms with Crippen LogP contribution in [0.3, 0.4) is 0 Å². The van der Waals surface area contributed by atoms with Gasteiger partial charge in [-0.3, -0.25) is 4.90 Å². The largest absolute Gasteiger partial charge is 0.377 e. The van der Waals surface area contributed by atoms with E-state index in [1.54, 1.807) is 0 Å². The summed E-state index contributed by atoms with van der Waals surface area (Å²) in [7, 11) is 0. The Kier molecular flexibility index (Phi) is 6.67. The standard InChI is InChI=1S/C16H30N4O/c1-3-7-20-13-18-11-16(20)15(10-17)19-8-5-6-14(12-19)21-9-4-2/h11,13-15H,3-10,12,17H2,1-2H3. The highest BCUT2D eigenvalue weighted by Crippen LogP contribution is 2.25. The van der Waals surface area contributed by atoms with Crippen LogP contribution in [0.5, 0.6) is 0 Å². The first-order chi connectivity index (χ1) is 10.3. The highest BCUT2D eigenvalue weighted by Gasteiger charge is 2.28. The average molecular weight is 294 g/mol. The molecule has 1 aliphatic rings. The van der Waals surface area contributed by atoms with Crippen molar-refractivity contribution in [2.45, 2.75) is 58.2 Å². The van der Waals surface area contributed by atoms with Crippen LogP contribution in [0.1, 0.15) is 51.3 Å². The van der Waals surface area contributed by atoms with Crippen molar-refractivity contribution in [3.8, 4) is 0 Å². The van der Waals surface area contributed by atoms with Gasteiger partial charge in [0.1, 0.15) is 0 Å². The van der Waals surface area contributed by atoms with E-state index in [2.05, 4.69) is 28.3 Å². The van der Waals surface area contributed by atoms with Crippen LogP contribution in [-0.2, 0) is 11.3 Å². The second kappa shape index (κ2) is 8.51. The molecule has 0 aromatic carbocycles. The first kappa shape index (κ1) is 16.5. The minimum atomic E-state index is 0.257. The first-order valence-electron chi connectivity index (χ1n) is 8.35.